The van der Waals surface area contributed by atoms with Gasteiger partial charge >= 0.3 is 12.1 Å². The van der Waals surface area contributed by atoms with Crippen LogP contribution in [0.1, 0.15) is 37.6 Å². The molecule has 0 aromatic heterocycles. The van der Waals surface area contributed by atoms with E-state index in [0.717, 1.165) is 4.47 Å². The Morgan fingerprint density at radius 1 is 1.22 bits per heavy atom. The first kappa shape index (κ1) is 21.3. The minimum Gasteiger partial charge on any atom is -0.456 e. The van der Waals surface area contributed by atoms with Crippen LogP contribution >= 0.6 is 15.9 Å². The van der Waals surface area contributed by atoms with Crippen molar-refractivity contribution in [3.05, 3.63) is 34.3 Å². The molecule has 1 aromatic rings. The lowest BCUT2D eigenvalue weighted by Gasteiger charge is -2.27. The van der Waals surface area contributed by atoms with Crippen LogP contribution in [0.25, 0.3) is 0 Å². The van der Waals surface area contributed by atoms with Crippen molar-refractivity contribution in [1.29, 1.82) is 0 Å². The molecule has 1 amide bonds. The summed E-state index contributed by atoms with van der Waals surface area (Å²) in [6, 6.07) is 4.87. The number of likely N-dealkylation sites (tertiary alicyclic amines) is 1. The Labute approximate surface area is 163 Å². The first-order valence-corrected chi connectivity index (χ1v) is 9.00. The van der Waals surface area contributed by atoms with Crippen molar-refractivity contribution in [3.63, 3.8) is 0 Å². The van der Waals surface area contributed by atoms with Crippen molar-refractivity contribution in [3.8, 4) is 0 Å². The topological polar surface area (TPSA) is 72.9 Å². The number of alkyl halides is 2. The summed E-state index contributed by atoms with van der Waals surface area (Å²) in [4.78, 5) is 37.1. The van der Waals surface area contributed by atoms with E-state index >= 15 is 0 Å². The number of ether oxygens (including phenoxy) is 2. The van der Waals surface area contributed by atoms with Gasteiger partial charge in [-0.15, -0.1) is 0 Å². The maximum atomic E-state index is 13.8. The number of hydrogen-bond acceptors (Lipinski definition) is 5. The number of nitrogens with zero attached hydrogens (tertiary/aromatic N) is 1. The Morgan fingerprint density at radius 2 is 1.81 bits per heavy atom. The van der Waals surface area contributed by atoms with E-state index in [1.165, 1.54) is 12.1 Å². The van der Waals surface area contributed by atoms with E-state index in [9.17, 15) is 23.2 Å². The number of carbonyl (C=O) groups excluding carboxylic acids is 3. The van der Waals surface area contributed by atoms with Crippen LogP contribution in [0.5, 0.6) is 0 Å². The highest BCUT2D eigenvalue weighted by Crippen LogP contribution is 2.33. The number of benzene rings is 1. The molecule has 1 aliphatic heterocycles. The van der Waals surface area contributed by atoms with Crippen LogP contribution in [0.3, 0.4) is 0 Å². The Bertz CT molecular complexity index is 730. The molecule has 2 rings (SSSR count). The SMILES string of the molecule is CC(C)(C)OC(=O)N1CC(F)(F)C[C@H]1C(=O)OCC(=O)c1ccc(Br)cc1. The van der Waals surface area contributed by atoms with Crippen molar-refractivity contribution in [2.24, 2.45) is 0 Å². The predicted molar refractivity (Wildman–Crippen MR) is 95.7 cm³/mol. The largest absolute Gasteiger partial charge is 0.456 e. The number of ketones is 1. The first-order chi connectivity index (χ1) is 12.4. The summed E-state index contributed by atoms with van der Waals surface area (Å²) < 4.78 is 38.3. The Kier molecular flexibility index (Phi) is 6.24. The number of carbonyl (C=O) groups is 3. The molecule has 148 valence electrons. The second-order valence-corrected chi connectivity index (χ2v) is 8.14. The third kappa shape index (κ3) is 5.98. The van der Waals surface area contributed by atoms with E-state index in [4.69, 9.17) is 9.47 Å². The molecule has 0 bridgehead atoms. The van der Waals surface area contributed by atoms with Crippen molar-refractivity contribution < 1.29 is 32.6 Å². The van der Waals surface area contributed by atoms with Gasteiger partial charge < -0.3 is 9.47 Å². The van der Waals surface area contributed by atoms with Gasteiger partial charge in [-0.05, 0) is 32.9 Å². The predicted octanol–water partition coefficient (Wildman–Crippen LogP) is 3.82. The molecule has 1 atom stereocenters. The number of halogens is 3. The molecule has 0 N–H and O–H groups in total. The molecule has 0 unspecified atom stereocenters. The molecule has 1 fully saturated rings. The van der Waals surface area contributed by atoms with Gasteiger partial charge in [0.2, 0.25) is 0 Å². The maximum absolute atomic E-state index is 13.8. The Balaban J connectivity index is 2.02. The summed E-state index contributed by atoms with van der Waals surface area (Å²) >= 11 is 3.24. The highest BCUT2D eigenvalue weighted by Gasteiger charge is 2.52. The lowest BCUT2D eigenvalue weighted by atomic mass is 10.1. The molecule has 27 heavy (non-hydrogen) atoms. The van der Waals surface area contributed by atoms with Gasteiger partial charge in [0, 0.05) is 16.5 Å². The molecule has 1 heterocycles. The van der Waals surface area contributed by atoms with Crippen molar-refractivity contribution in [2.45, 2.75) is 44.8 Å². The fourth-order valence-corrected chi connectivity index (χ4v) is 2.76. The minimum absolute atomic E-state index is 0.312. The standard InChI is InChI=1S/C18H20BrF2NO5/c1-17(2,3)27-16(25)22-10-18(20,21)8-13(22)15(24)26-9-14(23)11-4-6-12(19)7-5-11/h4-7,13H,8-10H2,1-3H3/t13-/m0/s1. The minimum atomic E-state index is -3.24. The third-order valence-electron chi connectivity index (χ3n) is 3.68. The number of hydrogen-bond donors (Lipinski definition) is 0. The smallest absolute Gasteiger partial charge is 0.411 e. The first-order valence-electron chi connectivity index (χ1n) is 8.21. The van der Waals surface area contributed by atoms with Gasteiger partial charge in [-0.3, -0.25) is 9.69 Å². The van der Waals surface area contributed by atoms with E-state index in [0.29, 0.717) is 10.5 Å². The molecule has 0 radical (unpaired) electrons. The van der Waals surface area contributed by atoms with Crippen LogP contribution in [0.2, 0.25) is 0 Å². The van der Waals surface area contributed by atoms with Crippen LogP contribution in [-0.2, 0) is 14.3 Å². The molecule has 0 aliphatic carbocycles. The van der Waals surface area contributed by atoms with E-state index in [1.807, 2.05) is 0 Å². The normalized spacial score (nSPS) is 18.9. The average Bonchev–Trinajstić information content (AvgIpc) is 2.87. The molecule has 6 nitrogen and oxygen atoms in total. The zero-order valence-electron chi connectivity index (χ0n) is 15.1. The monoisotopic (exact) mass is 447 g/mol. The summed E-state index contributed by atoms with van der Waals surface area (Å²) in [5, 5.41) is 0. The quantitative estimate of drug-likeness (QED) is 0.518. The second kappa shape index (κ2) is 7.92. The highest BCUT2D eigenvalue weighted by molar-refractivity contribution is 9.10. The van der Waals surface area contributed by atoms with E-state index in [1.54, 1.807) is 32.9 Å². The summed E-state index contributed by atoms with van der Waals surface area (Å²) in [7, 11) is 0. The van der Waals surface area contributed by atoms with Gasteiger partial charge in [0.15, 0.2) is 12.4 Å². The average molecular weight is 448 g/mol. The zero-order valence-corrected chi connectivity index (χ0v) is 16.7. The maximum Gasteiger partial charge on any atom is 0.411 e. The Hall–Kier alpha value is -2.03. The molecule has 9 heteroatoms. The number of amides is 1. The lowest BCUT2D eigenvalue weighted by molar-refractivity contribution is -0.147. The lowest BCUT2D eigenvalue weighted by Crippen LogP contribution is -2.44. The van der Waals surface area contributed by atoms with Crippen LogP contribution in [0.15, 0.2) is 28.7 Å². The molecule has 1 aromatic carbocycles. The number of Topliss-reactive ketones (excluding diaryl/α,β-unsaturated/α-hetero) is 1. The molecule has 0 saturated carbocycles. The number of esters is 1. The van der Waals surface area contributed by atoms with E-state index in [2.05, 4.69) is 15.9 Å². The second-order valence-electron chi connectivity index (χ2n) is 7.22. The Morgan fingerprint density at radius 3 is 2.37 bits per heavy atom. The third-order valence-corrected chi connectivity index (χ3v) is 4.21. The summed E-state index contributed by atoms with van der Waals surface area (Å²) in [6.45, 7) is 3.21. The molecule has 0 spiro atoms. The molecular formula is C18H20BrF2NO5. The van der Waals surface area contributed by atoms with Crippen molar-refractivity contribution in [1.82, 2.24) is 4.90 Å². The van der Waals surface area contributed by atoms with Gasteiger partial charge in [-0.2, -0.15) is 0 Å². The van der Waals surface area contributed by atoms with Crippen molar-refractivity contribution >= 4 is 33.8 Å². The van der Waals surface area contributed by atoms with Crippen molar-refractivity contribution in [2.75, 3.05) is 13.2 Å². The summed E-state index contributed by atoms with van der Waals surface area (Å²) in [5.41, 5.74) is -0.590. The fourth-order valence-electron chi connectivity index (χ4n) is 2.49. The van der Waals surface area contributed by atoms with Crippen LogP contribution in [-0.4, -0.2) is 53.5 Å². The van der Waals surface area contributed by atoms with E-state index in [-0.39, 0.29) is 0 Å². The zero-order chi connectivity index (χ0) is 20.4. The highest BCUT2D eigenvalue weighted by atomic mass is 79.9. The van der Waals surface area contributed by atoms with E-state index < -0.39 is 55.0 Å². The van der Waals surface area contributed by atoms with Gasteiger partial charge in [0.25, 0.3) is 5.92 Å². The van der Waals surface area contributed by atoms with Gasteiger partial charge in [0.1, 0.15) is 11.6 Å². The van der Waals surface area contributed by atoms with Gasteiger partial charge in [-0.25, -0.2) is 18.4 Å². The molecule has 1 saturated heterocycles. The molecular weight excluding hydrogens is 428 g/mol. The van der Waals surface area contributed by atoms with Crippen LogP contribution in [0.4, 0.5) is 13.6 Å². The fraction of sp³-hybridized carbons (Fsp3) is 0.500. The van der Waals surface area contributed by atoms with Crippen LogP contribution < -0.4 is 0 Å². The van der Waals surface area contributed by atoms with Gasteiger partial charge in [0.05, 0.1) is 6.54 Å². The van der Waals surface area contributed by atoms with Gasteiger partial charge in [-0.1, -0.05) is 28.1 Å². The molecule has 1 aliphatic rings. The summed E-state index contributed by atoms with van der Waals surface area (Å²) in [5.74, 6) is -4.79. The summed E-state index contributed by atoms with van der Waals surface area (Å²) in [6.07, 6.45) is -1.90. The number of rotatable bonds is 4. The van der Waals surface area contributed by atoms with Crippen LogP contribution in [0, 0.1) is 0 Å².